The van der Waals surface area contributed by atoms with Gasteiger partial charge in [-0.3, -0.25) is 4.98 Å². The molecule has 94 valence electrons. The maximum Gasteiger partial charge on any atom is 0.141 e. The largest absolute Gasteiger partial charge is 0.385 e. The number of aromatic nitrogens is 1. The Labute approximate surface area is 99.8 Å². The summed E-state index contributed by atoms with van der Waals surface area (Å²) in [6.45, 7) is 3.71. The van der Waals surface area contributed by atoms with Gasteiger partial charge >= 0.3 is 0 Å². The summed E-state index contributed by atoms with van der Waals surface area (Å²) in [6, 6.07) is 1.40. The zero-order valence-electron chi connectivity index (χ0n) is 9.82. The lowest BCUT2D eigenvalue weighted by Gasteiger charge is -2.31. The Bertz CT molecular complexity index is 379. The Balaban J connectivity index is 2.06. The molecule has 0 amide bonds. The molecule has 1 aliphatic heterocycles. The first-order chi connectivity index (χ1) is 8.08. The van der Waals surface area contributed by atoms with Crippen molar-refractivity contribution < 1.29 is 14.2 Å². The number of pyridine rings is 1. The second-order valence-corrected chi connectivity index (χ2v) is 4.60. The van der Waals surface area contributed by atoms with E-state index in [2.05, 4.69) is 10.3 Å². The predicted molar refractivity (Wildman–Crippen MR) is 61.0 cm³/mol. The number of ether oxygens (including phenoxy) is 1. The van der Waals surface area contributed by atoms with Crippen molar-refractivity contribution in [3.05, 3.63) is 29.8 Å². The van der Waals surface area contributed by atoms with Crippen molar-refractivity contribution in [2.75, 3.05) is 19.8 Å². The van der Waals surface area contributed by atoms with E-state index in [4.69, 9.17) is 4.74 Å². The van der Waals surface area contributed by atoms with Crippen molar-refractivity contribution in [1.29, 1.82) is 0 Å². The normalized spacial score (nSPS) is 24.3. The second-order valence-electron chi connectivity index (χ2n) is 4.60. The third-order valence-electron chi connectivity index (χ3n) is 2.97. The van der Waals surface area contributed by atoms with Crippen LogP contribution in [0.5, 0.6) is 0 Å². The maximum atomic E-state index is 13.1. The third kappa shape index (κ3) is 3.21. The molecule has 0 saturated carbocycles. The van der Waals surface area contributed by atoms with Gasteiger partial charge < -0.3 is 15.2 Å². The van der Waals surface area contributed by atoms with Gasteiger partial charge in [0.15, 0.2) is 0 Å². The van der Waals surface area contributed by atoms with E-state index in [9.17, 15) is 9.50 Å². The molecule has 2 unspecified atom stereocenters. The van der Waals surface area contributed by atoms with Gasteiger partial charge in [0.25, 0.3) is 0 Å². The van der Waals surface area contributed by atoms with Gasteiger partial charge in [-0.05, 0) is 19.4 Å². The van der Waals surface area contributed by atoms with Crippen LogP contribution < -0.4 is 5.32 Å². The molecule has 0 spiro atoms. The number of nitrogens with one attached hydrogen (secondary N) is 1. The average molecular weight is 240 g/mol. The van der Waals surface area contributed by atoms with Crippen LogP contribution in [0.1, 0.15) is 18.9 Å². The third-order valence-corrected chi connectivity index (χ3v) is 2.97. The van der Waals surface area contributed by atoms with Crippen molar-refractivity contribution in [3.8, 4) is 0 Å². The van der Waals surface area contributed by atoms with E-state index in [-0.39, 0.29) is 6.04 Å². The molecule has 1 aliphatic rings. The van der Waals surface area contributed by atoms with Crippen LogP contribution in [0.4, 0.5) is 4.39 Å². The highest BCUT2D eigenvalue weighted by Gasteiger charge is 2.29. The van der Waals surface area contributed by atoms with Gasteiger partial charge in [0.05, 0.1) is 25.0 Å². The molecule has 1 fully saturated rings. The molecular formula is C12H17FN2O2. The number of aliphatic hydroxyl groups is 1. The number of hydrogen-bond donors (Lipinski definition) is 2. The number of rotatable bonds is 3. The van der Waals surface area contributed by atoms with Crippen molar-refractivity contribution in [2.45, 2.75) is 25.0 Å². The van der Waals surface area contributed by atoms with Crippen molar-refractivity contribution in [2.24, 2.45) is 0 Å². The molecule has 0 aliphatic carbocycles. The first-order valence-electron chi connectivity index (χ1n) is 5.72. The minimum atomic E-state index is -1.10. The molecule has 2 atom stereocenters. The fraction of sp³-hybridized carbons (Fsp3) is 0.583. The number of halogens is 1. The highest BCUT2D eigenvalue weighted by Crippen LogP contribution is 2.26. The molecule has 5 heteroatoms. The predicted octanol–water partition coefficient (Wildman–Crippen LogP) is 0.807. The van der Waals surface area contributed by atoms with Gasteiger partial charge in [-0.2, -0.15) is 0 Å². The Morgan fingerprint density at radius 2 is 2.47 bits per heavy atom. The second kappa shape index (κ2) is 5.08. The molecule has 0 bridgehead atoms. The summed E-state index contributed by atoms with van der Waals surface area (Å²) in [5, 5.41) is 13.6. The van der Waals surface area contributed by atoms with E-state index in [1.807, 2.05) is 0 Å². The van der Waals surface area contributed by atoms with E-state index >= 15 is 0 Å². The van der Waals surface area contributed by atoms with Crippen molar-refractivity contribution >= 4 is 0 Å². The summed E-state index contributed by atoms with van der Waals surface area (Å²) in [5.74, 6) is -0.435. The molecule has 1 aromatic heterocycles. The number of nitrogens with zero attached hydrogens (tertiary/aromatic N) is 1. The smallest absolute Gasteiger partial charge is 0.141 e. The van der Waals surface area contributed by atoms with Crippen LogP contribution in [0.3, 0.4) is 0 Å². The molecule has 2 rings (SSSR count). The topological polar surface area (TPSA) is 54.4 Å². The monoisotopic (exact) mass is 240 g/mol. The highest BCUT2D eigenvalue weighted by atomic mass is 19.1. The SMILES string of the molecule is CC(O)(CC1COCCN1)c1cncc(F)c1. The summed E-state index contributed by atoms with van der Waals surface area (Å²) >= 11 is 0. The van der Waals surface area contributed by atoms with Crippen LogP contribution >= 0.6 is 0 Å². The van der Waals surface area contributed by atoms with Crippen LogP contribution in [-0.4, -0.2) is 35.9 Å². The van der Waals surface area contributed by atoms with E-state index in [1.54, 1.807) is 6.92 Å². The molecule has 0 radical (unpaired) electrons. The Kier molecular flexibility index (Phi) is 3.71. The van der Waals surface area contributed by atoms with Gasteiger partial charge in [0, 0.05) is 24.3 Å². The molecule has 2 heterocycles. The zero-order valence-corrected chi connectivity index (χ0v) is 9.82. The maximum absolute atomic E-state index is 13.1. The quantitative estimate of drug-likeness (QED) is 0.821. The first-order valence-corrected chi connectivity index (χ1v) is 5.72. The van der Waals surface area contributed by atoms with E-state index in [0.717, 1.165) is 12.7 Å². The molecule has 2 N–H and O–H groups in total. The fourth-order valence-electron chi connectivity index (χ4n) is 2.05. The van der Waals surface area contributed by atoms with Gasteiger partial charge in [0.2, 0.25) is 0 Å². The summed E-state index contributed by atoms with van der Waals surface area (Å²) in [4.78, 5) is 3.76. The van der Waals surface area contributed by atoms with Gasteiger partial charge in [-0.25, -0.2) is 4.39 Å². The Morgan fingerprint density at radius 3 is 3.12 bits per heavy atom. The van der Waals surface area contributed by atoms with Crippen LogP contribution in [0.2, 0.25) is 0 Å². The lowest BCUT2D eigenvalue weighted by molar-refractivity contribution is 0.00283. The van der Waals surface area contributed by atoms with E-state index in [0.29, 0.717) is 25.2 Å². The summed E-state index contributed by atoms with van der Waals surface area (Å²) < 4.78 is 18.4. The minimum absolute atomic E-state index is 0.0852. The Morgan fingerprint density at radius 1 is 1.65 bits per heavy atom. The molecule has 1 aromatic rings. The first kappa shape index (κ1) is 12.4. The molecule has 1 saturated heterocycles. The molecule has 17 heavy (non-hydrogen) atoms. The van der Waals surface area contributed by atoms with Crippen LogP contribution in [-0.2, 0) is 10.3 Å². The van der Waals surface area contributed by atoms with Crippen molar-refractivity contribution in [1.82, 2.24) is 10.3 Å². The van der Waals surface area contributed by atoms with Gasteiger partial charge in [-0.1, -0.05) is 0 Å². The van der Waals surface area contributed by atoms with Crippen molar-refractivity contribution in [3.63, 3.8) is 0 Å². The highest BCUT2D eigenvalue weighted by molar-refractivity contribution is 5.18. The summed E-state index contributed by atoms with van der Waals surface area (Å²) in [7, 11) is 0. The van der Waals surface area contributed by atoms with Crippen LogP contribution in [0.15, 0.2) is 18.5 Å². The van der Waals surface area contributed by atoms with E-state index in [1.165, 1.54) is 12.3 Å². The average Bonchev–Trinajstić information content (AvgIpc) is 2.30. The number of hydrogen-bond acceptors (Lipinski definition) is 4. The standard InChI is InChI=1S/C12H17FN2O2/c1-12(16,5-11-8-17-3-2-15-11)9-4-10(13)7-14-6-9/h4,6-7,11,15-16H,2-3,5,8H2,1H3. The number of morpholine rings is 1. The lowest BCUT2D eigenvalue weighted by atomic mass is 9.90. The zero-order chi connectivity index (χ0) is 12.3. The van der Waals surface area contributed by atoms with Crippen LogP contribution in [0.25, 0.3) is 0 Å². The molecular weight excluding hydrogens is 223 g/mol. The molecule has 0 aromatic carbocycles. The van der Waals surface area contributed by atoms with E-state index < -0.39 is 11.4 Å². The lowest BCUT2D eigenvalue weighted by Crippen LogP contribution is -2.45. The summed E-state index contributed by atoms with van der Waals surface area (Å²) in [6.07, 6.45) is 3.09. The van der Waals surface area contributed by atoms with Crippen LogP contribution in [0, 0.1) is 5.82 Å². The minimum Gasteiger partial charge on any atom is -0.385 e. The Hall–Kier alpha value is -1.04. The summed E-state index contributed by atoms with van der Waals surface area (Å²) in [5.41, 5.74) is -0.613. The van der Waals surface area contributed by atoms with Gasteiger partial charge in [-0.15, -0.1) is 0 Å². The fourth-order valence-corrected chi connectivity index (χ4v) is 2.05. The van der Waals surface area contributed by atoms with Gasteiger partial charge in [0.1, 0.15) is 5.82 Å². The molecule has 4 nitrogen and oxygen atoms in total.